The summed E-state index contributed by atoms with van der Waals surface area (Å²) in [5.74, 6) is -1.02. The standard InChI is InChI=1S/C20H24O4/c1-4-23-18(21)20(19(22)24-5-2)12-11-15(3)17(14-20)13-16-9-7-6-8-10-16/h6-11,13H,4-5,12,14H2,1-3H3/b17-13+. The Morgan fingerprint density at radius 2 is 1.67 bits per heavy atom. The van der Waals surface area contributed by atoms with Crippen LogP contribution in [0.2, 0.25) is 0 Å². The summed E-state index contributed by atoms with van der Waals surface area (Å²) < 4.78 is 10.4. The fourth-order valence-corrected chi connectivity index (χ4v) is 2.84. The molecule has 128 valence electrons. The van der Waals surface area contributed by atoms with Crippen LogP contribution < -0.4 is 0 Å². The molecule has 1 aromatic carbocycles. The molecule has 0 radical (unpaired) electrons. The van der Waals surface area contributed by atoms with Gasteiger partial charge >= 0.3 is 11.9 Å². The molecule has 1 aliphatic carbocycles. The smallest absolute Gasteiger partial charge is 0.324 e. The molecule has 0 atom stereocenters. The molecule has 0 aromatic heterocycles. The Morgan fingerprint density at radius 3 is 2.21 bits per heavy atom. The van der Waals surface area contributed by atoms with Gasteiger partial charge in [0.2, 0.25) is 0 Å². The molecule has 1 aromatic rings. The van der Waals surface area contributed by atoms with Crippen molar-refractivity contribution < 1.29 is 19.1 Å². The van der Waals surface area contributed by atoms with Gasteiger partial charge in [0.1, 0.15) is 0 Å². The zero-order valence-corrected chi connectivity index (χ0v) is 14.5. The first-order valence-electron chi connectivity index (χ1n) is 8.30. The van der Waals surface area contributed by atoms with Crippen molar-refractivity contribution in [1.82, 2.24) is 0 Å². The minimum Gasteiger partial charge on any atom is -0.465 e. The molecule has 0 saturated carbocycles. The van der Waals surface area contributed by atoms with Crippen molar-refractivity contribution in [2.24, 2.45) is 5.41 Å². The molecule has 2 rings (SSSR count). The molecular formula is C20H24O4. The second-order valence-electron chi connectivity index (χ2n) is 5.87. The molecule has 1 aliphatic rings. The first kappa shape index (κ1) is 18.0. The van der Waals surface area contributed by atoms with Gasteiger partial charge in [0.05, 0.1) is 13.2 Å². The van der Waals surface area contributed by atoms with Crippen LogP contribution in [0.3, 0.4) is 0 Å². The van der Waals surface area contributed by atoms with Crippen LogP contribution >= 0.6 is 0 Å². The maximum atomic E-state index is 12.6. The van der Waals surface area contributed by atoms with E-state index in [1.165, 1.54) is 0 Å². The SMILES string of the molecule is CCOC(=O)C1(C(=O)OCC)CC=C(C)/C(=C/c2ccccc2)C1. The van der Waals surface area contributed by atoms with Gasteiger partial charge in [-0.25, -0.2) is 0 Å². The van der Waals surface area contributed by atoms with Gasteiger partial charge in [0.25, 0.3) is 0 Å². The highest BCUT2D eigenvalue weighted by molar-refractivity contribution is 6.01. The summed E-state index contributed by atoms with van der Waals surface area (Å²) in [4.78, 5) is 25.1. The molecule has 0 bridgehead atoms. The lowest BCUT2D eigenvalue weighted by Gasteiger charge is -2.32. The summed E-state index contributed by atoms with van der Waals surface area (Å²) in [6, 6.07) is 9.85. The number of carbonyl (C=O) groups excluding carboxylic acids is 2. The van der Waals surface area contributed by atoms with Gasteiger partial charge in [-0.3, -0.25) is 9.59 Å². The van der Waals surface area contributed by atoms with Crippen molar-refractivity contribution in [3.63, 3.8) is 0 Å². The van der Waals surface area contributed by atoms with E-state index >= 15 is 0 Å². The normalized spacial score (nSPS) is 18.0. The van der Waals surface area contributed by atoms with E-state index in [2.05, 4.69) is 0 Å². The Bertz CT molecular complexity index is 637. The summed E-state index contributed by atoms with van der Waals surface area (Å²) in [5, 5.41) is 0. The van der Waals surface area contributed by atoms with Gasteiger partial charge in [-0.05, 0) is 44.7 Å². The van der Waals surface area contributed by atoms with Crippen molar-refractivity contribution in [1.29, 1.82) is 0 Å². The Hall–Kier alpha value is -2.36. The highest BCUT2D eigenvalue weighted by Gasteiger charge is 2.50. The van der Waals surface area contributed by atoms with Gasteiger partial charge in [-0.1, -0.05) is 48.1 Å². The fourth-order valence-electron chi connectivity index (χ4n) is 2.84. The van der Waals surface area contributed by atoms with Gasteiger partial charge in [-0.2, -0.15) is 0 Å². The van der Waals surface area contributed by atoms with Crippen molar-refractivity contribution in [3.8, 4) is 0 Å². The second kappa shape index (κ2) is 7.95. The van der Waals surface area contributed by atoms with Crippen LogP contribution in [0.4, 0.5) is 0 Å². The van der Waals surface area contributed by atoms with E-state index in [0.29, 0.717) is 12.8 Å². The summed E-state index contributed by atoms with van der Waals surface area (Å²) in [6.45, 7) is 5.94. The number of esters is 2. The number of rotatable bonds is 5. The maximum absolute atomic E-state index is 12.6. The van der Waals surface area contributed by atoms with Crippen LogP contribution in [0.15, 0.2) is 47.6 Å². The highest BCUT2D eigenvalue weighted by atomic mass is 16.6. The number of hydrogen-bond donors (Lipinski definition) is 0. The first-order valence-corrected chi connectivity index (χ1v) is 8.30. The quantitative estimate of drug-likeness (QED) is 0.607. The van der Waals surface area contributed by atoms with Crippen molar-refractivity contribution in [3.05, 3.63) is 53.1 Å². The zero-order valence-electron chi connectivity index (χ0n) is 14.5. The maximum Gasteiger partial charge on any atom is 0.324 e. The summed E-state index contributed by atoms with van der Waals surface area (Å²) >= 11 is 0. The third-order valence-electron chi connectivity index (χ3n) is 4.23. The van der Waals surface area contributed by atoms with E-state index in [9.17, 15) is 9.59 Å². The minimum absolute atomic E-state index is 0.237. The van der Waals surface area contributed by atoms with Crippen LogP contribution in [-0.2, 0) is 19.1 Å². The van der Waals surface area contributed by atoms with E-state index in [1.807, 2.05) is 49.4 Å². The number of hydrogen-bond acceptors (Lipinski definition) is 4. The van der Waals surface area contributed by atoms with Gasteiger partial charge in [0.15, 0.2) is 5.41 Å². The summed E-state index contributed by atoms with van der Waals surface area (Å²) in [5.41, 5.74) is 1.77. The van der Waals surface area contributed by atoms with Crippen LogP contribution in [0.25, 0.3) is 6.08 Å². The van der Waals surface area contributed by atoms with Gasteiger partial charge in [-0.15, -0.1) is 0 Å². The topological polar surface area (TPSA) is 52.6 Å². The van der Waals surface area contributed by atoms with E-state index < -0.39 is 17.4 Å². The molecule has 0 saturated heterocycles. The second-order valence-corrected chi connectivity index (χ2v) is 5.87. The monoisotopic (exact) mass is 328 g/mol. The Labute approximate surface area is 143 Å². The predicted molar refractivity (Wildman–Crippen MR) is 93.1 cm³/mol. The minimum atomic E-state index is -1.29. The molecule has 0 aliphatic heterocycles. The largest absolute Gasteiger partial charge is 0.465 e. The summed E-state index contributed by atoms with van der Waals surface area (Å²) in [6.07, 6.45) is 4.54. The fraction of sp³-hybridized carbons (Fsp3) is 0.400. The van der Waals surface area contributed by atoms with Crippen LogP contribution in [-0.4, -0.2) is 25.2 Å². The van der Waals surface area contributed by atoms with Crippen molar-refractivity contribution >= 4 is 18.0 Å². The lowest BCUT2D eigenvalue weighted by Crippen LogP contribution is -2.43. The molecular weight excluding hydrogens is 304 g/mol. The predicted octanol–water partition coefficient (Wildman–Crippen LogP) is 3.92. The Balaban J connectivity index is 2.41. The van der Waals surface area contributed by atoms with Gasteiger partial charge in [0, 0.05) is 0 Å². The lowest BCUT2D eigenvalue weighted by atomic mass is 9.72. The van der Waals surface area contributed by atoms with Crippen LogP contribution in [0.5, 0.6) is 0 Å². The molecule has 24 heavy (non-hydrogen) atoms. The third kappa shape index (κ3) is 3.75. The van der Waals surface area contributed by atoms with Crippen molar-refractivity contribution in [2.45, 2.75) is 33.6 Å². The molecule has 4 nitrogen and oxygen atoms in total. The number of ether oxygens (including phenoxy) is 2. The average Bonchev–Trinajstić information content (AvgIpc) is 2.58. The molecule has 0 amide bonds. The molecule has 0 fully saturated rings. The first-order chi connectivity index (χ1) is 11.5. The molecule has 0 unspecified atom stereocenters. The van der Waals surface area contributed by atoms with E-state index in [1.54, 1.807) is 13.8 Å². The number of allylic oxidation sites excluding steroid dienone is 3. The summed E-state index contributed by atoms with van der Waals surface area (Å²) in [7, 11) is 0. The van der Waals surface area contributed by atoms with Crippen LogP contribution in [0, 0.1) is 5.41 Å². The molecule has 0 heterocycles. The van der Waals surface area contributed by atoms with E-state index in [0.717, 1.165) is 16.7 Å². The Morgan fingerprint density at radius 1 is 1.08 bits per heavy atom. The number of benzene rings is 1. The zero-order chi connectivity index (χ0) is 17.6. The molecule has 0 N–H and O–H groups in total. The lowest BCUT2D eigenvalue weighted by molar-refractivity contribution is -0.172. The average molecular weight is 328 g/mol. The van der Waals surface area contributed by atoms with Gasteiger partial charge < -0.3 is 9.47 Å². The number of carbonyl (C=O) groups is 2. The van der Waals surface area contributed by atoms with E-state index in [-0.39, 0.29) is 13.2 Å². The van der Waals surface area contributed by atoms with E-state index in [4.69, 9.17) is 9.47 Å². The third-order valence-corrected chi connectivity index (χ3v) is 4.23. The Kier molecular flexibility index (Phi) is 5.96. The molecule has 0 spiro atoms. The van der Waals surface area contributed by atoms with Crippen molar-refractivity contribution in [2.75, 3.05) is 13.2 Å². The highest BCUT2D eigenvalue weighted by Crippen LogP contribution is 2.41. The van der Waals surface area contributed by atoms with Crippen LogP contribution in [0.1, 0.15) is 39.2 Å². The molecule has 4 heteroatoms.